The molecule has 0 aromatic heterocycles. The third-order valence-electron chi connectivity index (χ3n) is 9.18. The highest BCUT2D eigenvalue weighted by atomic mass is 32.3. The predicted molar refractivity (Wildman–Crippen MR) is 192 cm³/mol. The lowest BCUT2D eigenvalue weighted by molar-refractivity contribution is -0.298. The summed E-state index contributed by atoms with van der Waals surface area (Å²) in [6.07, 6.45) is 15.0. The predicted octanol–water partition coefficient (Wildman–Crippen LogP) is 4.62. The van der Waals surface area contributed by atoms with Crippen LogP contribution in [0.5, 0.6) is 0 Å². The summed E-state index contributed by atoms with van der Waals surface area (Å²) >= 11 is 0. The molecule has 1 aliphatic heterocycles. The molecule has 0 bridgehead atoms. The van der Waals surface area contributed by atoms with E-state index >= 15 is 0 Å². The third kappa shape index (κ3) is 21.4. The van der Waals surface area contributed by atoms with Crippen LogP contribution in [0.3, 0.4) is 0 Å². The van der Waals surface area contributed by atoms with Gasteiger partial charge in [0, 0.05) is 0 Å². The molecule has 1 rings (SSSR count). The molecule has 0 spiro atoms. The van der Waals surface area contributed by atoms with Crippen molar-refractivity contribution in [2.24, 2.45) is 0 Å². The van der Waals surface area contributed by atoms with Gasteiger partial charge in [-0.3, -0.25) is 9.35 Å². The Labute approximate surface area is 301 Å². The molecule has 8 unspecified atom stereocenters. The summed E-state index contributed by atoms with van der Waals surface area (Å²) < 4.78 is 47.1. The average Bonchev–Trinajstić information content (AvgIpc) is 3.08. The van der Waals surface area contributed by atoms with E-state index in [2.05, 4.69) is 23.3 Å². The summed E-state index contributed by atoms with van der Waals surface area (Å²) in [5.41, 5.74) is 0. The number of carbonyl (C=O) groups is 1. The quantitative estimate of drug-likeness (QED) is 0.0295. The zero-order chi connectivity index (χ0) is 37.2. The van der Waals surface area contributed by atoms with Gasteiger partial charge in [-0.25, -0.2) is 4.18 Å². The van der Waals surface area contributed by atoms with Gasteiger partial charge in [-0.15, -0.1) is 0 Å². The fraction of sp³-hybridized carbons (Fsp3) is 0.917. The fourth-order valence-electron chi connectivity index (χ4n) is 6.05. The Balaban J connectivity index is 2.58. The summed E-state index contributed by atoms with van der Waals surface area (Å²) in [6.45, 7) is 3.08. The van der Waals surface area contributed by atoms with E-state index in [1.54, 1.807) is 6.08 Å². The lowest BCUT2D eigenvalue weighted by Gasteiger charge is -2.41. The van der Waals surface area contributed by atoms with Crippen LogP contribution in [0.2, 0.25) is 0 Å². The van der Waals surface area contributed by atoms with Crippen LogP contribution in [0.25, 0.3) is 0 Å². The minimum absolute atomic E-state index is 0.246. The first-order chi connectivity index (χ1) is 23.9. The second kappa shape index (κ2) is 28.3. The molecule has 7 N–H and O–H groups in total. The van der Waals surface area contributed by atoms with E-state index in [-0.39, 0.29) is 6.42 Å². The molecule has 0 radical (unpaired) electrons. The molecule has 1 aliphatic rings. The number of rotatable bonds is 31. The minimum atomic E-state index is -5.10. The molecular formula is C36H69NO12S. The highest BCUT2D eigenvalue weighted by molar-refractivity contribution is 7.80. The van der Waals surface area contributed by atoms with Crippen molar-refractivity contribution in [2.75, 3.05) is 13.2 Å². The van der Waals surface area contributed by atoms with Gasteiger partial charge in [0.1, 0.15) is 30.5 Å². The van der Waals surface area contributed by atoms with Gasteiger partial charge in [0.15, 0.2) is 6.29 Å². The fourth-order valence-corrected chi connectivity index (χ4v) is 6.56. The van der Waals surface area contributed by atoms with Gasteiger partial charge in [0.2, 0.25) is 5.91 Å². The van der Waals surface area contributed by atoms with Crippen LogP contribution >= 0.6 is 0 Å². The number of allylic oxidation sites excluding steroid dienone is 1. The number of hydrogen-bond acceptors (Lipinski definition) is 11. The molecule has 50 heavy (non-hydrogen) atoms. The van der Waals surface area contributed by atoms with Gasteiger partial charge in [-0.05, 0) is 19.3 Å². The number of amides is 1. The largest absolute Gasteiger partial charge is 0.397 e. The first-order valence-corrected chi connectivity index (χ1v) is 20.5. The first-order valence-electron chi connectivity index (χ1n) is 19.2. The van der Waals surface area contributed by atoms with Crippen molar-refractivity contribution in [3.8, 4) is 0 Å². The van der Waals surface area contributed by atoms with Crippen LogP contribution in [-0.2, 0) is 28.9 Å². The number of hydrogen-bond donors (Lipinski definition) is 7. The number of nitrogens with one attached hydrogen (secondary N) is 1. The van der Waals surface area contributed by atoms with Crippen LogP contribution < -0.4 is 5.32 Å². The monoisotopic (exact) mass is 739 g/mol. The van der Waals surface area contributed by atoms with Crippen molar-refractivity contribution in [3.63, 3.8) is 0 Å². The first kappa shape index (κ1) is 46.8. The molecule has 1 amide bonds. The maximum atomic E-state index is 12.9. The van der Waals surface area contributed by atoms with Gasteiger partial charge in [-0.2, -0.15) is 8.42 Å². The molecule has 13 nitrogen and oxygen atoms in total. The molecule has 8 atom stereocenters. The molecule has 14 heteroatoms. The second-order valence-electron chi connectivity index (χ2n) is 13.7. The van der Waals surface area contributed by atoms with E-state index in [1.165, 1.54) is 76.7 Å². The topological polar surface area (TPSA) is 212 Å². The van der Waals surface area contributed by atoms with Crippen LogP contribution in [0.4, 0.5) is 0 Å². The SMILES string of the molecule is CCCCCC/C=C/C(O)C(COC1OC(CO)C(O)C(OS(=O)(=O)O)C1O)NC(=O)C(O)CCCCCCCCCCCCCCCCC. The zero-order valence-electron chi connectivity index (χ0n) is 30.6. The van der Waals surface area contributed by atoms with E-state index in [1.807, 2.05) is 0 Å². The molecule has 0 saturated carbocycles. The number of aliphatic hydroxyl groups is 5. The summed E-state index contributed by atoms with van der Waals surface area (Å²) in [4.78, 5) is 12.9. The van der Waals surface area contributed by atoms with Crippen molar-refractivity contribution in [1.29, 1.82) is 0 Å². The standard InChI is InChI=1S/C36H69NO12S/c1-3-5-7-9-11-12-13-14-15-16-17-18-19-21-23-25-30(40)35(43)37-28(29(39)24-22-20-10-8-6-4-2)27-47-36-33(42)34(49-50(44,45)46)32(41)31(26-38)48-36/h22,24,28-34,36,38-42H,3-21,23,25-27H2,1-2H3,(H,37,43)(H,44,45,46)/b24-22+. The molecule has 1 fully saturated rings. The van der Waals surface area contributed by atoms with Crippen molar-refractivity contribution >= 4 is 16.3 Å². The van der Waals surface area contributed by atoms with Crippen LogP contribution in [0, 0.1) is 0 Å². The average molecular weight is 740 g/mol. The lowest BCUT2D eigenvalue weighted by Crippen LogP contribution is -2.61. The second-order valence-corrected chi connectivity index (χ2v) is 14.7. The summed E-state index contributed by atoms with van der Waals surface area (Å²) in [7, 11) is -5.10. The Bertz CT molecular complexity index is 984. The van der Waals surface area contributed by atoms with Crippen molar-refractivity contribution in [1.82, 2.24) is 5.32 Å². The van der Waals surface area contributed by atoms with Crippen molar-refractivity contribution in [3.05, 3.63) is 12.2 Å². The maximum Gasteiger partial charge on any atom is 0.397 e. The van der Waals surface area contributed by atoms with E-state index in [0.29, 0.717) is 12.8 Å². The van der Waals surface area contributed by atoms with E-state index in [0.717, 1.165) is 44.9 Å². The van der Waals surface area contributed by atoms with Crippen LogP contribution in [-0.4, -0.2) is 107 Å². The molecule has 1 saturated heterocycles. The Morgan fingerprint density at radius 1 is 0.800 bits per heavy atom. The number of unbranched alkanes of at least 4 members (excludes halogenated alkanes) is 18. The Morgan fingerprint density at radius 3 is 1.80 bits per heavy atom. The van der Waals surface area contributed by atoms with Gasteiger partial charge >= 0.3 is 10.4 Å². The van der Waals surface area contributed by atoms with E-state index in [9.17, 15) is 38.7 Å². The number of ether oxygens (including phenoxy) is 2. The Hall–Kier alpha value is -1.20. The summed E-state index contributed by atoms with van der Waals surface area (Å²) in [6, 6.07) is -1.11. The molecule has 0 aromatic rings. The van der Waals surface area contributed by atoms with Gasteiger partial charge in [0.25, 0.3) is 0 Å². The highest BCUT2D eigenvalue weighted by Gasteiger charge is 2.48. The molecule has 0 aliphatic carbocycles. The highest BCUT2D eigenvalue weighted by Crippen LogP contribution is 2.26. The number of carbonyl (C=O) groups excluding carboxylic acids is 1. The molecular weight excluding hydrogens is 670 g/mol. The molecule has 1 heterocycles. The molecule has 296 valence electrons. The Morgan fingerprint density at radius 2 is 1.30 bits per heavy atom. The summed E-state index contributed by atoms with van der Waals surface area (Å²) in [5, 5.41) is 54.6. The minimum Gasteiger partial charge on any atom is -0.394 e. The van der Waals surface area contributed by atoms with Crippen molar-refractivity contribution < 1.29 is 57.0 Å². The number of aliphatic hydroxyl groups excluding tert-OH is 5. The maximum absolute atomic E-state index is 12.9. The molecule has 0 aromatic carbocycles. The third-order valence-corrected chi connectivity index (χ3v) is 9.64. The summed E-state index contributed by atoms with van der Waals surface area (Å²) in [5.74, 6) is -0.708. The smallest absolute Gasteiger partial charge is 0.394 e. The van der Waals surface area contributed by atoms with Crippen LogP contribution in [0.1, 0.15) is 149 Å². The lowest BCUT2D eigenvalue weighted by atomic mass is 9.99. The van der Waals surface area contributed by atoms with Gasteiger partial charge in [-0.1, -0.05) is 142 Å². The van der Waals surface area contributed by atoms with Crippen LogP contribution in [0.15, 0.2) is 12.2 Å². The van der Waals surface area contributed by atoms with E-state index in [4.69, 9.17) is 14.0 Å². The van der Waals surface area contributed by atoms with E-state index < -0.39 is 78.5 Å². The normalized spacial score (nSPS) is 23.2. The van der Waals surface area contributed by atoms with Gasteiger partial charge in [0.05, 0.1) is 25.4 Å². The zero-order valence-corrected chi connectivity index (χ0v) is 31.4. The van der Waals surface area contributed by atoms with Crippen molar-refractivity contribution in [2.45, 2.75) is 198 Å². The Kier molecular flexibility index (Phi) is 26.5. The van der Waals surface area contributed by atoms with Gasteiger partial charge < -0.3 is 40.3 Å².